The number of phenols is 1. The van der Waals surface area contributed by atoms with Gasteiger partial charge in [0.05, 0.1) is 0 Å². The van der Waals surface area contributed by atoms with Gasteiger partial charge in [-0.25, -0.2) is 0 Å². The molecule has 17 heavy (non-hydrogen) atoms. The molecule has 0 saturated heterocycles. The van der Waals surface area contributed by atoms with Crippen molar-refractivity contribution in [2.75, 3.05) is 0 Å². The molecule has 2 N–H and O–H groups in total. The van der Waals surface area contributed by atoms with Gasteiger partial charge in [0.2, 0.25) is 0 Å². The second-order valence-electron chi connectivity index (χ2n) is 3.36. The summed E-state index contributed by atoms with van der Waals surface area (Å²) in [6.07, 6.45) is 1.12. The average Bonchev–Trinajstić information content (AvgIpc) is 2.31. The zero-order chi connectivity index (χ0) is 11.8. The molecule has 0 aliphatic carbocycles. The summed E-state index contributed by atoms with van der Waals surface area (Å²) < 4.78 is 0. The molecule has 0 atom stereocenters. The number of aryl methyl sites for hydroxylation is 1. The maximum Gasteiger partial charge on any atom is 0.124 e. The summed E-state index contributed by atoms with van der Waals surface area (Å²) in [4.78, 5) is 0. The second kappa shape index (κ2) is 8.58. The zero-order valence-corrected chi connectivity index (χ0v) is 11.0. The van der Waals surface area contributed by atoms with E-state index >= 15 is 0 Å². The number of rotatable bonds is 1. The van der Waals surface area contributed by atoms with Crippen LogP contribution in [0.25, 0.3) is 0 Å². The number of aromatic hydroxyl groups is 1. The van der Waals surface area contributed by atoms with Crippen LogP contribution in [0, 0.1) is 12.3 Å². The third kappa shape index (κ3) is 5.91. The number of hydrogen-bond donors (Lipinski definition) is 2. The number of phenolic OH excluding ortho intramolecular Hbond substituents is 1. The van der Waals surface area contributed by atoms with Crippen molar-refractivity contribution in [1.29, 1.82) is 5.41 Å². The van der Waals surface area contributed by atoms with E-state index < -0.39 is 0 Å². The van der Waals surface area contributed by atoms with E-state index in [1.165, 1.54) is 5.56 Å². The molecule has 3 heteroatoms. The Morgan fingerprint density at radius 2 is 1.47 bits per heavy atom. The lowest BCUT2D eigenvalue weighted by Crippen LogP contribution is -1.77. The Hall–Kier alpha value is -1.56. The molecule has 2 aromatic rings. The molecule has 0 spiro atoms. The highest BCUT2D eigenvalue weighted by Crippen LogP contribution is 2.11. The first-order valence-electron chi connectivity index (χ1n) is 5.04. The van der Waals surface area contributed by atoms with E-state index in [-0.39, 0.29) is 23.1 Å². The predicted octanol–water partition coefficient (Wildman–Crippen LogP) is 3.00. The largest absolute Gasteiger partial charge is 0.507 e. The maximum atomic E-state index is 8.96. The van der Waals surface area contributed by atoms with Gasteiger partial charge in [-0.15, -0.1) is 0 Å². The summed E-state index contributed by atoms with van der Waals surface area (Å²) in [7, 11) is 0. The molecule has 3 radical (unpaired) electrons. The molecule has 2 nitrogen and oxygen atoms in total. The van der Waals surface area contributed by atoms with Gasteiger partial charge in [0.1, 0.15) is 5.75 Å². The molecule has 0 amide bonds. The summed E-state index contributed by atoms with van der Waals surface area (Å²) in [5.74, 6) is 0.160. The fourth-order valence-electron chi connectivity index (χ4n) is 1.14. The van der Waals surface area contributed by atoms with Crippen molar-refractivity contribution in [2.24, 2.45) is 0 Å². The van der Waals surface area contributed by atoms with Gasteiger partial charge in [-0.2, -0.15) is 0 Å². The first-order chi connectivity index (χ1) is 7.74. The van der Waals surface area contributed by atoms with E-state index in [4.69, 9.17) is 10.5 Å². The molecule has 2 rings (SSSR count). The molecule has 2 aromatic carbocycles. The summed E-state index contributed by atoms with van der Waals surface area (Å²) >= 11 is 0. The first-order valence-corrected chi connectivity index (χ1v) is 5.04. The van der Waals surface area contributed by atoms with Crippen molar-refractivity contribution in [3.05, 3.63) is 65.7 Å². The monoisotopic (exact) mass is 240 g/mol. The minimum Gasteiger partial charge on any atom is -0.507 e. The highest BCUT2D eigenvalue weighted by atomic mass is 27.0. The van der Waals surface area contributed by atoms with Gasteiger partial charge in [0.15, 0.2) is 0 Å². The highest BCUT2D eigenvalue weighted by molar-refractivity contribution is 5.80. The van der Waals surface area contributed by atoms with Crippen molar-refractivity contribution in [3.8, 4) is 5.75 Å². The summed E-state index contributed by atoms with van der Waals surface area (Å²) in [6.45, 7) is 2.08. The normalized spacial score (nSPS) is 8.29. The van der Waals surface area contributed by atoms with Crippen LogP contribution in [0.4, 0.5) is 0 Å². The number of para-hydroxylation sites is 1. The fourth-order valence-corrected chi connectivity index (χ4v) is 1.14. The number of hydrogen-bond acceptors (Lipinski definition) is 2. The van der Waals surface area contributed by atoms with E-state index in [9.17, 15) is 0 Å². The lowest BCUT2D eigenvalue weighted by atomic mass is 10.2. The van der Waals surface area contributed by atoms with E-state index in [0.717, 1.165) is 6.21 Å². The zero-order valence-electron chi connectivity index (χ0n) is 9.80. The van der Waals surface area contributed by atoms with Crippen LogP contribution >= 0.6 is 0 Å². The fraction of sp³-hybridized carbons (Fsp3) is 0.0714. The first kappa shape index (κ1) is 15.4. The van der Waals surface area contributed by atoms with E-state index in [1.807, 2.05) is 18.2 Å². The van der Waals surface area contributed by atoms with Crippen LogP contribution in [0.1, 0.15) is 11.1 Å². The molecule has 0 aromatic heterocycles. The van der Waals surface area contributed by atoms with Crippen molar-refractivity contribution >= 4 is 23.6 Å². The third-order valence-electron chi connectivity index (χ3n) is 2.03. The van der Waals surface area contributed by atoms with Crippen molar-refractivity contribution in [2.45, 2.75) is 6.92 Å². The Balaban J connectivity index is 0.000000292. The van der Waals surface area contributed by atoms with Gasteiger partial charge in [-0.1, -0.05) is 48.0 Å². The SMILES string of the molecule is Cc1ccccc1.N=Cc1ccccc1O.[Al]. The van der Waals surface area contributed by atoms with Gasteiger partial charge >= 0.3 is 0 Å². The average molecular weight is 240 g/mol. The van der Waals surface area contributed by atoms with E-state index in [1.54, 1.807) is 24.3 Å². The standard InChI is InChI=1S/C7H7NO.C7H8.Al/c8-5-6-3-1-2-4-7(6)9;1-7-5-3-2-4-6-7;/h1-5,8-9H;2-6H,1H3;. The minimum absolute atomic E-state index is 0. The van der Waals surface area contributed by atoms with E-state index in [2.05, 4.69) is 19.1 Å². The molecular formula is C14H15AlNO. The highest BCUT2D eigenvalue weighted by Gasteiger charge is 1.91. The molecule has 0 aliphatic rings. The molecule has 0 unspecified atom stereocenters. The van der Waals surface area contributed by atoms with Crippen LogP contribution in [0.5, 0.6) is 5.75 Å². The Kier molecular flexibility index (Phi) is 7.79. The summed E-state index contributed by atoms with van der Waals surface area (Å²) in [5.41, 5.74) is 1.88. The van der Waals surface area contributed by atoms with Crippen LogP contribution in [0.3, 0.4) is 0 Å². The van der Waals surface area contributed by atoms with Crippen molar-refractivity contribution < 1.29 is 5.11 Å². The summed E-state index contributed by atoms with van der Waals surface area (Å²) in [5, 5.41) is 15.8. The quantitative estimate of drug-likeness (QED) is 0.584. The topological polar surface area (TPSA) is 44.1 Å². The van der Waals surface area contributed by atoms with Gasteiger partial charge in [-0.05, 0) is 19.1 Å². The van der Waals surface area contributed by atoms with Crippen LogP contribution < -0.4 is 0 Å². The molecule has 0 aliphatic heterocycles. The summed E-state index contributed by atoms with van der Waals surface area (Å²) in [6, 6.07) is 17.0. The Morgan fingerprint density at radius 1 is 0.941 bits per heavy atom. The lowest BCUT2D eigenvalue weighted by Gasteiger charge is -1.92. The Labute approximate surface area is 113 Å². The number of nitrogens with one attached hydrogen (secondary N) is 1. The predicted molar refractivity (Wildman–Crippen MR) is 72.9 cm³/mol. The van der Waals surface area contributed by atoms with Crippen LogP contribution in [-0.2, 0) is 0 Å². The van der Waals surface area contributed by atoms with Gasteiger partial charge in [0.25, 0.3) is 0 Å². The van der Waals surface area contributed by atoms with Crippen molar-refractivity contribution in [3.63, 3.8) is 0 Å². The molecule has 0 saturated carbocycles. The molecule has 85 valence electrons. The molecule has 0 heterocycles. The Morgan fingerprint density at radius 3 is 1.82 bits per heavy atom. The number of benzene rings is 2. The smallest absolute Gasteiger partial charge is 0.124 e. The van der Waals surface area contributed by atoms with Crippen molar-refractivity contribution in [1.82, 2.24) is 0 Å². The second-order valence-corrected chi connectivity index (χ2v) is 3.36. The van der Waals surface area contributed by atoms with Crippen LogP contribution in [0.15, 0.2) is 54.6 Å². The maximum absolute atomic E-state index is 8.96. The van der Waals surface area contributed by atoms with Gasteiger partial charge in [0, 0.05) is 29.1 Å². The van der Waals surface area contributed by atoms with Gasteiger partial charge in [-0.3, -0.25) is 0 Å². The molecule has 0 fully saturated rings. The Bertz CT molecular complexity index is 443. The van der Waals surface area contributed by atoms with Gasteiger partial charge < -0.3 is 10.5 Å². The lowest BCUT2D eigenvalue weighted by molar-refractivity contribution is 0.474. The van der Waals surface area contributed by atoms with Crippen LogP contribution in [-0.4, -0.2) is 28.7 Å². The molecular weight excluding hydrogens is 225 g/mol. The van der Waals surface area contributed by atoms with E-state index in [0.29, 0.717) is 5.56 Å². The molecule has 0 bridgehead atoms. The minimum atomic E-state index is 0. The third-order valence-corrected chi connectivity index (χ3v) is 2.03. The van der Waals surface area contributed by atoms with Crippen LogP contribution in [0.2, 0.25) is 0 Å².